The molecule has 1 aromatic heterocycles. The molecular weight excluding hydrogens is 388 g/mol. The van der Waals surface area contributed by atoms with Crippen molar-refractivity contribution in [2.45, 2.75) is 55.4 Å². The summed E-state index contributed by atoms with van der Waals surface area (Å²) in [5, 5.41) is 20.9. The molecule has 2 saturated heterocycles. The number of aliphatic carboxylic acids is 1. The molecule has 4 atom stereocenters. The number of carboxylic acid groups (broad SMARTS) is 1. The number of nitriles is 1. The summed E-state index contributed by atoms with van der Waals surface area (Å²) in [6.07, 6.45) is 0. The fraction of sp³-hybridized carbons (Fsp3) is 0.529. The van der Waals surface area contributed by atoms with Gasteiger partial charge >= 0.3 is 5.97 Å². The fourth-order valence-electron chi connectivity index (χ4n) is 3.67. The summed E-state index contributed by atoms with van der Waals surface area (Å²) in [7, 11) is 0. The molecule has 0 aromatic carbocycles. The number of fused-ring (bicyclic) bond motifs is 1. The van der Waals surface area contributed by atoms with Crippen LogP contribution in [0.3, 0.4) is 0 Å². The van der Waals surface area contributed by atoms with Gasteiger partial charge in [-0.1, -0.05) is 0 Å². The number of thiophene rings is 1. The zero-order valence-electron chi connectivity index (χ0n) is 15.3. The molecule has 2 aliphatic rings. The molecule has 10 heteroatoms. The fourth-order valence-corrected chi connectivity index (χ4v) is 6.34. The monoisotopic (exact) mass is 408 g/mol. The van der Waals surface area contributed by atoms with Crippen molar-refractivity contribution in [1.29, 1.82) is 5.26 Å². The zero-order valence-corrected chi connectivity index (χ0v) is 16.9. The molecule has 8 nitrogen and oxygen atoms in total. The predicted octanol–water partition coefficient (Wildman–Crippen LogP) is 0.890. The molecular formula is C17H20N4O4S2. The van der Waals surface area contributed by atoms with Gasteiger partial charge in [-0.2, -0.15) is 5.26 Å². The number of rotatable bonds is 4. The Labute approximate surface area is 164 Å². The number of carbonyl (C=O) groups is 3. The number of hydrogen-bond donors (Lipinski definition) is 3. The number of β-lactam (4-membered cyclic amide) rings is 1. The molecule has 2 unspecified atom stereocenters. The van der Waals surface area contributed by atoms with Crippen LogP contribution >= 0.6 is 23.1 Å². The summed E-state index contributed by atoms with van der Waals surface area (Å²) in [6, 6.07) is 1.74. The van der Waals surface area contributed by atoms with Gasteiger partial charge in [0.1, 0.15) is 23.5 Å². The molecule has 3 rings (SSSR count). The van der Waals surface area contributed by atoms with E-state index >= 15 is 0 Å². The second-order valence-electron chi connectivity index (χ2n) is 7.32. The minimum atomic E-state index is -1.80. The van der Waals surface area contributed by atoms with E-state index in [9.17, 15) is 24.8 Å². The van der Waals surface area contributed by atoms with Gasteiger partial charge in [-0.15, -0.1) is 23.1 Å². The molecule has 2 amide bonds. The number of nitrogens with two attached hydrogens (primary N) is 1. The van der Waals surface area contributed by atoms with Crippen LogP contribution < -0.4 is 11.1 Å². The van der Waals surface area contributed by atoms with Gasteiger partial charge in [0.15, 0.2) is 0 Å². The molecule has 144 valence electrons. The van der Waals surface area contributed by atoms with E-state index in [0.717, 1.165) is 10.4 Å². The second-order valence-corrected chi connectivity index (χ2v) is 10.3. The number of aryl methyl sites for hydroxylation is 2. The average molecular weight is 409 g/mol. The lowest BCUT2D eigenvalue weighted by atomic mass is 9.85. The van der Waals surface area contributed by atoms with Crippen molar-refractivity contribution in [3.05, 3.63) is 21.4 Å². The Morgan fingerprint density at radius 2 is 2.07 bits per heavy atom. The highest BCUT2D eigenvalue weighted by molar-refractivity contribution is 8.01. The molecule has 2 aliphatic heterocycles. The number of carbonyl (C=O) groups excluding carboxylic acids is 2. The number of amides is 2. The lowest BCUT2D eigenvalue weighted by Gasteiger charge is -2.49. The van der Waals surface area contributed by atoms with E-state index in [1.807, 2.05) is 26.0 Å². The summed E-state index contributed by atoms with van der Waals surface area (Å²) in [4.78, 5) is 39.9. The van der Waals surface area contributed by atoms with Crippen LogP contribution in [0.15, 0.2) is 6.07 Å². The van der Waals surface area contributed by atoms with Crippen LogP contribution in [-0.2, 0) is 14.4 Å². The Kier molecular flexibility index (Phi) is 4.53. The summed E-state index contributed by atoms with van der Waals surface area (Å²) in [5.74, 6) is -2.48. The van der Waals surface area contributed by atoms with Crippen LogP contribution in [0.2, 0.25) is 0 Å². The largest absolute Gasteiger partial charge is 0.480 e. The van der Waals surface area contributed by atoms with Crippen LogP contribution in [0.4, 0.5) is 0 Å². The van der Waals surface area contributed by atoms with Crippen molar-refractivity contribution in [1.82, 2.24) is 10.2 Å². The molecule has 27 heavy (non-hydrogen) atoms. The highest BCUT2D eigenvalue weighted by Gasteiger charge is 2.73. The first kappa shape index (κ1) is 19.7. The first-order valence-corrected chi connectivity index (χ1v) is 9.95. The van der Waals surface area contributed by atoms with E-state index in [4.69, 9.17) is 5.73 Å². The van der Waals surface area contributed by atoms with Crippen LogP contribution in [0.25, 0.3) is 0 Å². The van der Waals surface area contributed by atoms with Gasteiger partial charge in [0.05, 0.1) is 0 Å². The Bertz CT molecular complexity index is 890. The van der Waals surface area contributed by atoms with Crippen LogP contribution in [-0.4, -0.2) is 49.5 Å². The topological polar surface area (TPSA) is 137 Å². The van der Waals surface area contributed by atoms with Crippen molar-refractivity contribution >= 4 is 40.9 Å². The smallest absolute Gasteiger partial charge is 0.327 e. The van der Waals surface area contributed by atoms with Crippen molar-refractivity contribution in [2.75, 3.05) is 0 Å². The van der Waals surface area contributed by atoms with Crippen molar-refractivity contribution in [2.24, 2.45) is 5.73 Å². The third-order valence-corrected chi connectivity index (χ3v) is 7.79. The van der Waals surface area contributed by atoms with Gasteiger partial charge < -0.3 is 21.1 Å². The number of thioether (sulfide) groups is 1. The maximum Gasteiger partial charge on any atom is 0.327 e. The maximum atomic E-state index is 12.7. The highest BCUT2D eigenvalue weighted by Crippen LogP contribution is 2.54. The first-order valence-electron chi connectivity index (χ1n) is 8.25. The van der Waals surface area contributed by atoms with Gasteiger partial charge in [0, 0.05) is 14.5 Å². The minimum absolute atomic E-state index is 0.633. The van der Waals surface area contributed by atoms with Gasteiger partial charge in [0.2, 0.25) is 11.4 Å². The number of carboxylic acids is 1. The molecule has 1 aromatic rings. The van der Waals surface area contributed by atoms with E-state index < -0.39 is 45.5 Å². The quantitative estimate of drug-likeness (QED) is 0.629. The van der Waals surface area contributed by atoms with E-state index in [1.165, 1.54) is 28.0 Å². The molecule has 0 aliphatic carbocycles. The van der Waals surface area contributed by atoms with Crippen molar-refractivity contribution < 1.29 is 19.5 Å². The average Bonchev–Trinajstić information content (AvgIpc) is 3.05. The van der Waals surface area contributed by atoms with Crippen molar-refractivity contribution in [3.63, 3.8) is 0 Å². The standard InChI is InChI=1S/C17H20N4O4S2/c1-7-5-8(2)26-10(7)9(19)12(22)20-17(6-18)14(25)21-11(13(23)24)16(3,4)27-15(17)21/h5,9,11,15H,19H2,1-4H3,(H,20,22)(H,23,24)/t9?,11-,15+,17?/m0/s1. The maximum absolute atomic E-state index is 12.7. The van der Waals surface area contributed by atoms with Gasteiger partial charge in [-0.25, -0.2) is 4.79 Å². The lowest BCUT2D eigenvalue weighted by Crippen LogP contribution is -2.79. The van der Waals surface area contributed by atoms with Gasteiger partial charge in [-0.3, -0.25) is 9.59 Å². The summed E-state index contributed by atoms with van der Waals surface area (Å²) < 4.78 is -0.793. The summed E-state index contributed by atoms with van der Waals surface area (Å²) in [5.41, 5.74) is 5.13. The van der Waals surface area contributed by atoms with Crippen molar-refractivity contribution in [3.8, 4) is 6.07 Å². The SMILES string of the molecule is Cc1cc(C)c(C(N)C(=O)NC2(C#N)C(=O)N3[C@@H](C(=O)O)C(C)(C)S[C@@H]32)s1. The predicted molar refractivity (Wildman–Crippen MR) is 101 cm³/mol. The third kappa shape index (κ3) is 2.72. The van der Waals surface area contributed by atoms with E-state index in [2.05, 4.69) is 5.32 Å². The number of nitrogens with one attached hydrogen (secondary N) is 1. The number of nitrogens with zero attached hydrogens (tertiary/aromatic N) is 2. The highest BCUT2D eigenvalue weighted by atomic mass is 32.2. The molecule has 0 bridgehead atoms. The second kappa shape index (κ2) is 6.22. The lowest BCUT2D eigenvalue weighted by molar-refractivity contribution is -0.165. The number of hydrogen-bond acceptors (Lipinski definition) is 7. The molecule has 0 saturated carbocycles. The van der Waals surface area contributed by atoms with E-state index in [0.29, 0.717) is 4.88 Å². The Morgan fingerprint density at radius 3 is 2.56 bits per heavy atom. The molecule has 3 heterocycles. The zero-order chi connectivity index (χ0) is 20.3. The molecule has 0 radical (unpaired) electrons. The minimum Gasteiger partial charge on any atom is -0.480 e. The molecule has 2 fully saturated rings. The Hall–Kier alpha value is -2.09. The third-order valence-electron chi connectivity index (χ3n) is 4.92. The summed E-state index contributed by atoms with van der Waals surface area (Å²) >= 11 is 2.58. The van der Waals surface area contributed by atoms with E-state index in [-0.39, 0.29) is 0 Å². The van der Waals surface area contributed by atoms with Crippen LogP contribution in [0.5, 0.6) is 0 Å². The molecule has 4 N–H and O–H groups in total. The van der Waals surface area contributed by atoms with Gasteiger partial charge in [0.25, 0.3) is 5.91 Å². The molecule has 0 spiro atoms. The Morgan fingerprint density at radius 1 is 1.44 bits per heavy atom. The Balaban J connectivity index is 1.87. The van der Waals surface area contributed by atoms with Gasteiger partial charge in [-0.05, 0) is 39.3 Å². The summed E-state index contributed by atoms with van der Waals surface area (Å²) in [6.45, 7) is 7.15. The van der Waals surface area contributed by atoms with Crippen LogP contribution in [0, 0.1) is 25.2 Å². The normalized spacial score (nSPS) is 29.5. The first-order chi connectivity index (χ1) is 12.5. The van der Waals surface area contributed by atoms with Crippen LogP contribution in [0.1, 0.15) is 35.2 Å². The van der Waals surface area contributed by atoms with E-state index in [1.54, 1.807) is 13.8 Å².